The van der Waals surface area contributed by atoms with E-state index >= 15 is 0 Å². The highest BCUT2D eigenvalue weighted by Crippen LogP contribution is 2.16. The summed E-state index contributed by atoms with van der Waals surface area (Å²) in [4.78, 5) is 12.5. The van der Waals surface area contributed by atoms with Crippen LogP contribution in [0.4, 0.5) is 0 Å². The first-order chi connectivity index (χ1) is 8.79. The Labute approximate surface area is 106 Å². The van der Waals surface area contributed by atoms with Crippen molar-refractivity contribution in [3.8, 4) is 29.6 Å². The number of hydrogen-bond acceptors (Lipinski definition) is 4. The lowest BCUT2D eigenvalue weighted by atomic mass is 10.2. The molecular formula is C14H12N3O. The van der Waals surface area contributed by atoms with Gasteiger partial charge in [-0.25, -0.2) is 9.97 Å². The molecule has 0 aromatic carbocycles. The lowest BCUT2D eigenvalue weighted by Gasteiger charge is -2.03. The zero-order valence-corrected chi connectivity index (χ0v) is 9.84. The van der Waals surface area contributed by atoms with E-state index in [-0.39, 0.29) is 0 Å². The van der Waals surface area contributed by atoms with Crippen LogP contribution in [0.3, 0.4) is 0 Å². The van der Waals surface area contributed by atoms with Crippen LogP contribution in [-0.4, -0.2) is 21.6 Å². The Morgan fingerprint density at radius 1 is 1.28 bits per heavy atom. The molecule has 0 N–H and O–H groups in total. The number of terminal acetylenes is 1. The van der Waals surface area contributed by atoms with Crippen molar-refractivity contribution in [1.82, 2.24) is 15.0 Å². The van der Waals surface area contributed by atoms with Crippen LogP contribution in [0.15, 0.2) is 30.6 Å². The van der Waals surface area contributed by atoms with E-state index in [0.29, 0.717) is 24.7 Å². The Balaban J connectivity index is 2.10. The van der Waals surface area contributed by atoms with Gasteiger partial charge >= 0.3 is 6.01 Å². The highest BCUT2D eigenvalue weighted by Gasteiger charge is 2.02. The Morgan fingerprint density at radius 2 is 2.06 bits per heavy atom. The number of aromatic nitrogens is 3. The topological polar surface area (TPSA) is 47.9 Å². The molecule has 89 valence electrons. The zero-order valence-electron chi connectivity index (χ0n) is 9.84. The van der Waals surface area contributed by atoms with E-state index in [1.54, 1.807) is 12.4 Å². The maximum atomic E-state index is 5.26. The summed E-state index contributed by atoms with van der Waals surface area (Å²) in [5.74, 6) is 2.48. The highest BCUT2D eigenvalue weighted by atomic mass is 16.5. The number of rotatable bonds is 4. The number of nitrogens with zero attached hydrogens (tertiary/aromatic N) is 3. The molecule has 0 aliphatic rings. The summed E-state index contributed by atoms with van der Waals surface area (Å²) in [6.07, 6.45) is 8.99. The molecule has 4 heteroatoms. The van der Waals surface area contributed by atoms with Crippen LogP contribution >= 0.6 is 0 Å². The highest BCUT2D eigenvalue weighted by molar-refractivity contribution is 5.56. The minimum absolute atomic E-state index is 0.319. The van der Waals surface area contributed by atoms with Gasteiger partial charge in [0.2, 0.25) is 0 Å². The van der Waals surface area contributed by atoms with E-state index in [1.165, 1.54) is 0 Å². The molecule has 0 fully saturated rings. The summed E-state index contributed by atoms with van der Waals surface area (Å²) in [5, 5.41) is 0. The van der Waals surface area contributed by atoms with Crippen LogP contribution in [0.5, 0.6) is 6.01 Å². The molecular weight excluding hydrogens is 226 g/mol. The monoisotopic (exact) mass is 238 g/mol. The third kappa shape index (κ3) is 3.05. The third-order valence-corrected chi connectivity index (χ3v) is 2.21. The van der Waals surface area contributed by atoms with Crippen molar-refractivity contribution < 1.29 is 4.74 Å². The molecule has 2 aromatic heterocycles. The van der Waals surface area contributed by atoms with E-state index < -0.39 is 0 Å². The molecule has 2 rings (SSSR count). The largest absolute Gasteiger partial charge is 0.462 e. The Kier molecular flexibility index (Phi) is 3.87. The Hall–Kier alpha value is -2.41. The standard InChI is InChI=1S/C14H12N3O/c1-3-4-8-18-14-15-9-12(10-16-14)13-7-5-6-11(2)17-13/h1,5-7,9-10H,2,4,8H2. The quantitative estimate of drug-likeness (QED) is 0.604. The fraction of sp³-hybridized carbons (Fsp3) is 0.143. The summed E-state index contributed by atoms with van der Waals surface area (Å²) in [6, 6.07) is 5.93. The Morgan fingerprint density at radius 3 is 2.72 bits per heavy atom. The van der Waals surface area contributed by atoms with Gasteiger partial charge in [0.15, 0.2) is 0 Å². The fourth-order valence-electron chi connectivity index (χ4n) is 1.36. The van der Waals surface area contributed by atoms with E-state index in [9.17, 15) is 0 Å². The molecule has 0 bridgehead atoms. The number of ether oxygens (including phenoxy) is 1. The molecule has 1 radical (unpaired) electrons. The van der Waals surface area contributed by atoms with Crippen LogP contribution in [-0.2, 0) is 0 Å². The van der Waals surface area contributed by atoms with E-state index in [4.69, 9.17) is 11.2 Å². The first kappa shape index (κ1) is 12.1. The van der Waals surface area contributed by atoms with E-state index in [2.05, 4.69) is 27.8 Å². The maximum Gasteiger partial charge on any atom is 0.316 e. The second-order valence-electron chi connectivity index (χ2n) is 3.57. The van der Waals surface area contributed by atoms with Gasteiger partial charge in [-0.05, 0) is 19.1 Å². The van der Waals surface area contributed by atoms with Gasteiger partial charge in [0.05, 0.1) is 5.69 Å². The predicted molar refractivity (Wildman–Crippen MR) is 68.7 cm³/mol. The van der Waals surface area contributed by atoms with Crippen molar-refractivity contribution in [3.05, 3.63) is 43.2 Å². The molecule has 0 spiro atoms. The minimum Gasteiger partial charge on any atom is -0.462 e. The molecule has 0 unspecified atom stereocenters. The van der Waals surface area contributed by atoms with Crippen molar-refractivity contribution in [2.24, 2.45) is 0 Å². The normalized spacial score (nSPS) is 9.78. The summed E-state index contributed by atoms with van der Waals surface area (Å²) < 4.78 is 5.26. The van der Waals surface area contributed by atoms with Gasteiger partial charge in [-0.15, -0.1) is 12.3 Å². The number of hydrogen-bond donors (Lipinski definition) is 0. The van der Waals surface area contributed by atoms with Gasteiger partial charge in [0.1, 0.15) is 6.61 Å². The molecule has 0 atom stereocenters. The van der Waals surface area contributed by atoms with Crippen molar-refractivity contribution in [2.45, 2.75) is 6.42 Å². The van der Waals surface area contributed by atoms with Crippen LogP contribution in [0, 0.1) is 19.3 Å². The van der Waals surface area contributed by atoms with Crippen molar-refractivity contribution in [1.29, 1.82) is 0 Å². The van der Waals surface area contributed by atoms with Gasteiger partial charge < -0.3 is 4.74 Å². The molecule has 0 aliphatic heterocycles. The van der Waals surface area contributed by atoms with Gasteiger partial charge in [-0.2, -0.15) is 0 Å². The van der Waals surface area contributed by atoms with Crippen molar-refractivity contribution in [3.63, 3.8) is 0 Å². The molecule has 18 heavy (non-hydrogen) atoms. The summed E-state index contributed by atoms with van der Waals surface area (Å²) >= 11 is 0. The fourth-order valence-corrected chi connectivity index (χ4v) is 1.36. The average molecular weight is 238 g/mol. The van der Waals surface area contributed by atoms with Crippen LogP contribution in [0.25, 0.3) is 11.3 Å². The molecule has 0 saturated heterocycles. The van der Waals surface area contributed by atoms with Crippen molar-refractivity contribution >= 4 is 0 Å². The first-order valence-corrected chi connectivity index (χ1v) is 5.47. The first-order valence-electron chi connectivity index (χ1n) is 5.47. The second kappa shape index (κ2) is 5.78. The van der Waals surface area contributed by atoms with Gasteiger partial charge in [0, 0.05) is 30.1 Å². The van der Waals surface area contributed by atoms with Gasteiger partial charge in [-0.3, -0.25) is 4.98 Å². The zero-order chi connectivity index (χ0) is 12.8. The Bertz CT molecular complexity index is 558. The van der Waals surface area contributed by atoms with Gasteiger partial charge in [-0.1, -0.05) is 6.07 Å². The van der Waals surface area contributed by atoms with Gasteiger partial charge in [0.25, 0.3) is 0 Å². The summed E-state index contributed by atoms with van der Waals surface area (Å²) in [7, 11) is 0. The van der Waals surface area contributed by atoms with Crippen LogP contribution < -0.4 is 4.74 Å². The smallest absolute Gasteiger partial charge is 0.316 e. The molecule has 2 aromatic rings. The lowest BCUT2D eigenvalue weighted by molar-refractivity contribution is 0.301. The number of pyridine rings is 1. The molecule has 2 heterocycles. The lowest BCUT2D eigenvalue weighted by Crippen LogP contribution is -2.00. The minimum atomic E-state index is 0.319. The molecule has 0 saturated carbocycles. The molecule has 0 aliphatic carbocycles. The third-order valence-electron chi connectivity index (χ3n) is 2.21. The summed E-state index contributed by atoms with van der Waals surface area (Å²) in [6.45, 7) is 4.20. The molecule has 4 nitrogen and oxygen atoms in total. The predicted octanol–water partition coefficient (Wildman–Crippen LogP) is 2.12. The van der Waals surface area contributed by atoms with Crippen LogP contribution in [0.2, 0.25) is 0 Å². The summed E-state index contributed by atoms with van der Waals surface area (Å²) in [5.41, 5.74) is 2.32. The van der Waals surface area contributed by atoms with Crippen LogP contribution in [0.1, 0.15) is 12.1 Å². The van der Waals surface area contributed by atoms with E-state index in [0.717, 1.165) is 11.3 Å². The average Bonchev–Trinajstić information content (AvgIpc) is 2.40. The molecule has 0 amide bonds. The van der Waals surface area contributed by atoms with Crippen molar-refractivity contribution in [2.75, 3.05) is 6.61 Å². The maximum absolute atomic E-state index is 5.26. The van der Waals surface area contributed by atoms with E-state index in [1.807, 2.05) is 18.2 Å². The SMILES string of the molecule is C#CCCOc1ncc(-c2cccc([CH2])n2)cn1. The second-order valence-corrected chi connectivity index (χ2v) is 3.57.